The van der Waals surface area contributed by atoms with Gasteiger partial charge in [-0.25, -0.2) is 8.78 Å². The number of fused-ring (bicyclic) bond motifs is 1. The zero-order valence-electron chi connectivity index (χ0n) is 10.7. The van der Waals surface area contributed by atoms with Gasteiger partial charge in [-0.3, -0.25) is 4.79 Å². The van der Waals surface area contributed by atoms with E-state index in [-0.39, 0.29) is 29.6 Å². The van der Waals surface area contributed by atoms with Crippen molar-refractivity contribution in [2.45, 2.75) is 0 Å². The maximum Gasteiger partial charge on any atom is 0.262 e. The number of hydrogen-bond donors (Lipinski definition) is 3. The smallest absolute Gasteiger partial charge is 0.262 e. The second-order valence-electron chi connectivity index (χ2n) is 4.49. The molecule has 3 rings (SSSR count). The first-order valence-electron chi connectivity index (χ1n) is 6.12. The lowest BCUT2D eigenvalue weighted by Crippen LogP contribution is -2.25. The van der Waals surface area contributed by atoms with Crippen molar-refractivity contribution in [3.63, 3.8) is 0 Å². The molecule has 0 atom stereocenters. The number of ether oxygens (including phenoxy) is 1. The van der Waals surface area contributed by atoms with Crippen LogP contribution in [-0.4, -0.2) is 12.5 Å². The number of para-hydroxylation sites is 1. The van der Waals surface area contributed by atoms with Gasteiger partial charge < -0.3 is 21.1 Å². The quantitative estimate of drug-likeness (QED) is 0.743. The molecule has 21 heavy (non-hydrogen) atoms. The number of anilines is 4. The average molecular weight is 291 g/mol. The molecule has 2 aromatic rings. The van der Waals surface area contributed by atoms with Crippen molar-refractivity contribution in [1.29, 1.82) is 0 Å². The van der Waals surface area contributed by atoms with E-state index < -0.39 is 11.6 Å². The lowest BCUT2D eigenvalue weighted by molar-refractivity contribution is -0.118. The van der Waals surface area contributed by atoms with Crippen LogP contribution in [0.15, 0.2) is 30.3 Å². The molecule has 0 spiro atoms. The van der Waals surface area contributed by atoms with E-state index in [2.05, 4.69) is 10.6 Å². The van der Waals surface area contributed by atoms with E-state index in [1.54, 1.807) is 0 Å². The van der Waals surface area contributed by atoms with Gasteiger partial charge in [0.15, 0.2) is 6.61 Å². The number of halogens is 2. The molecule has 2 aromatic carbocycles. The number of amides is 1. The van der Waals surface area contributed by atoms with Crippen molar-refractivity contribution in [2.24, 2.45) is 0 Å². The normalized spacial score (nSPS) is 13.1. The van der Waals surface area contributed by atoms with Gasteiger partial charge >= 0.3 is 0 Å². The number of carbonyl (C=O) groups is 1. The van der Waals surface area contributed by atoms with E-state index in [4.69, 9.17) is 10.5 Å². The number of carbonyl (C=O) groups excluding carboxylic acids is 1. The van der Waals surface area contributed by atoms with Gasteiger partial charge in [-0.2, -0.15) is 0 Å². The molecule has 0 radical (unpaired) electrons. The number of nitrogens with two attached hydrogens (primary N) is 1. The Hall–Kier alpha value is -2.83. The molecule has 1 aliphatic rings. The fourth-order valence-corrected chi connectivity index (χ4v) is 2.00. The second kappa shape index (κ2) is 4.93. The van der Waals surface area contributed by atoms with Gasteiger partial charge in [-0.1, -0.05) is 6.07 Å². The molecule has 108 valence electrons. The van der Waals surface area contributed by atoms with Crippen molar-refractivity contribution in [1.82, 2.24) is 0 Å². The fraction of sp³-hybridized carbons (Fsp3) is 0.0714. The Morgan fingerprint density at radius 2 is 1.95 bits per heavy atom. The fourth-order valence-electron chi connectivity index (χ4n) is 2.00. The van der Waals surface area contributed by atoms with Gasteiger partial charge in [0.1, 0.15) is 23.1 Å². The Kier molecular flexibility index (Phi) is 3.09. The summed E-state index contributed by atoms with van der Waals surface area (Å²) in [5.41, 5.74) is 6.41. The zero-order chi connectivity index (χ0) is 15.0. The van der Waals surface area contributed by atoms with Gasteiger partial charge in [-0.15, -0.1) is 0 Å². The third-order valence-corrected chi connectivity index (χ3v) is 3.01. The molecule has 5 nitrogen and oxygen atoms in total. The van der Waals surface area contributed by atoms with Crippen molar-refractivity contribution < 1.29 is 18.3 Å². The lowest BCUT2D eigenvalue weighted by Gasteiger charge is -2.20. The maximum absolute atomic E-state index is 13.6. The van der Waals surface area contributed by atoms with E-state index in [1.807, 2.05) is 0 Å². The summed E-state index contributed by atoms with van der Waals surface area (Å²) in [5.74, 6) is -1.39. The molecule has 1 heterocycles. The molecule has 0 bridgehead atoms. The van der Waals surface area contributed by atoms with Gasteiger partial charge in [-0.05, 0) is 18.2 Å². The van der Waals surface area contributed by atoms with Crippen LogP contribution in [0.5, 0.6) is 5.75 Å². The minimum Gasteiger partial charge on any atom is -0.482 e. The van der Waals surface area contributed by atoms with Crippen LogP contribution in [0.3, 0.4) is 0 Å². The third kappa shape index (κ3) is 2.45. The molecule has 0 aliphatic carbocycles. The standard InChI is InChI=1S/C14H11F2N3O2/c15-7-2-1-3-8(16)14(7)19-10-5-11-12(4-9(10)17)21-6-13(20)18-11/h1-5,19H,6,17H2,(H,18,20). The first kappa shape index (κ1) is 13.2. The summed E-state index contributed by atoms with van der Waals surface area (Å²) in [6, 6.07) is 6.47. The highest BCUT2D eigenvalue weighted by Crippen LogP contribution is 2.37. The zero-order valence-corrected chi connectivity index (χ0v) is 10.7. The summed E-state index contributed by atoms with van der Waals surface area (Å²) in [6.45, 7) is -0.0961. The predicted molar refractivity (Wildman–Crippen MR) is 74.6 cm³/mol. The Labute approximate surface area is 118 Å². The first-order chi connectivity index (χ1) is 10.0. The van der Waals surface area contributed by atoms with Crippen molar-refractivity contribution >= 4 is 28.7 Å². The molecule has 0 aromatic heterocycles. The monoisotopic (exact) mass is 291 g/mol. The Morgan fingerprint density at radius 1 is 1.24 bits per heavy atom. The second-order valence-corrected chi connectivity index (χ2v) is 4.49. The summed E-state index contributed by atoms with van der Waals surface area (Å²) in [6.07, 6.45) is 0. The largest absolute Gasteiger partial charge is 0.482 e. The van der Waals surface area contributed by atoms with Crippen LogP contribution in [0.1, 0.15) is 0 Å². The highest BCUT2D eigenvalue weighted by molar-refractivity contribution is 5.97. The molecule has 0 saturated carbocycles. The van der Waals surface area contributed by atoms with Crippen LogP contribution in [0.4, 0.5) is 31.5 Å². The molecule has 1 aliphatic heterocycles. The van der Waals surface area contributed by atoms with Crippen LogP contribution in [0, 0.1) is 11.6 Å². The van der Waals surface area contributed by atoms with Gasteiger partial charge in [0.05, 0.1) is 17.1 Å². The minimum atomic E-state index is -0.743. The van der Waals surface area contributed by atoms with E-state index in [0.717, 1.165) is 12.1 Å². The van der Waals surface area contributed by atoms with Gasteiger partial charge in [0.2, 0.25) is 0 Å². The molecule has 0 unspecified atom stereocenters. The highest BCUT2D eigenvalue weighted by Gasteiger charge is 2.19. The summed E-state index contributed by atoms with van der Waals surface area (Å²) >= 11 is 0. The number of rotatable bonds is 2. The molecule has 0 saturated heterocycles. The average Bonchev–Trinajstić information content (AvgIpc) is 2.44. The summed E-state index contributed by atoms with van der Waals surface area (Å²) < 4.78 is 32.5. The Balaban J connectivity index is 1.99. The number of nitrogen functional groups attached to an aromatic ring is 1. The van der Waals surface area contributed by atoms with Crippen LogP contribution < -0.4 is 21.1 Å². The first-order valence-corrected chi connectivity index (χ1v) is 6.12. The van der Waals surface area contributed by atoms with E-state index in [0.29, 0.717) is 11.4 Å². The Bertz CT molecular complexity index is 714. The molecule has 7 heteroatoms. The molecular weight excluding hydrogens is 280 g/mol. The topological polar surface area (TPSA) is 76.4 Å². The lowest BCUT2D eigenvalue weighted by atomic mass is 10.2. The van der Waals surface area contributed by atoms with Crippen molar-refractivity contribution in [3.05, 3.63) is 42.0 Å². The Morgan fingerprint density at radius 3 is 2.67 bits per heavy atom. The van der Waals surface area contributed by atoms with Crippen molar-refractivity contribution in [2.75, 3.05) is 23.0 Å². The van der Waals surface area contributed by atoms with E-state index >= 15 is 0 Å². The third-order valence-electron chi connectivity index (χ3n) is 3.01. The summed E-state index contributed by atoms with van der Waals surface area (Å²) in [7, 11) is 0. The van der Waals surface area contributed by atoms with Crippen LogP contribution in [0.2, 0.25) is 0 Å². The molecule has 4 N–H and O–H groups in total. The molecular formula is C14H11F2N3O2. The van der Waals surface area contributed by atoms with Crippen LogP contribution >= 0.6 is 0 Å². The molecule has 1 amide bonds. The van der Waals surface area contributed by atoms with E-state index in [1.165, 1.54) is 18.2 Å². The minimum absolute atomic E-state index is 0.0961. The van der Waals surface area contributed by atoms with Crippen LogP contribution in [0.25, 0.3) is 0 Å². The van der Waals surface area contributed by atoms with Gasteiger partial charge in [0, 0.05) is 6.07 Å². The number of benzene rings is 2. The number of nitrogens with one attached hydrogen (secondary N) is 2. The maximum atomic E-state index is 13.6. The summed E-state index contributed by atoms with van der Waals surface area (Å²) in [4.78, 5) is 11.3. The summed E-state index contributed by atoms with van der Waals surface area (Å²) in [5, 5.41) is 5.19. The highest BCUT2D eigenvalue weighted by atomic mass is 19.1. The number of hydrogen-bond acceptors (Lipinski definition) is 4. The molecule has 0 fully saturated rings. The SMILES string of the molecule is Nc1cc2c(cc1Nc1c(F)cccc1F)NC(=O)CO2. The van der Waals surface area contributed by atoms with Crippen molar-refractivity contribution in [3.8, 4) is 5.75 Å². The van der Waals surface area contributed by atoms with E-state index in [9.17, 15) is 13.6 Å². The predicted octanol–water partition coefficient (Wildman–Crippen LogP) is 2.62. The van der Waals surface area contributed by atoms with Gasteiger partial charge in [0.25, 0.3) is 5.91 Å². The van der Waals surface area contributed by atoms with Crippen LogP contribution in [-0.2, 0) is 4.79 Å².